The lowest BCUT2D eigenvalue weighted by molar-refractivity contribution is 0.268. The molecule has 1 unspecified atom stereocenters. The molecule has 1 aliphatic carbocycles. The molecule has 0 N–H and O–H groups in total. The molecule has 130 valence electrons. The van der Waals surface area contributed by atoms with Crippen molar-refractivity contribution >= 4 is 10.9 Å². The summed E-state index contributed by atoms with van der Waals surface area (Å²) < 4.78 is 8.04. The van der Waals surface area contributed by atoms with Crippen LogP contribution in [0.2, 0.25) is 0 Å². The molecule has 0 saturated carbocycles. The van der Waals surface area contributed by atoms with Crippen molar-refractivity contribution in [3.8, 4) is 5.75 Å². The quantitative estimate of drug-likeness (QED) is 0.692. The van der Waals surface area contributed by atoms with E-state index < -0.39 is 0 Å². The summed E-state index contributed by atoms with van der Waals surface area (Å²) in [6.45, 7) is 0.930. The number of ether oxygens (including phenoxy) is 1. The molecule has 1 heterocycles. The summed E-state index contributed by atoms with van der Waals surface area (Å²) in [6.07, 6.45) is 3.63. The van der Waals surface area contributed by atoms with Gasteiger partial charge in [-0.3, -0.25) is 0 Å². The van der Waals surface area contributed by atoms with Crippen LogP contribution in [0.25, 0.3) is 10.9 Å². The van der Waals surface area contributed by atoms with Crippen LogP contribution < -0.4 is 4.74 Å². The van der Waals surface area contributed by atoms with Gasteiger partial charge >= 0.3 is 0 Å². The van der Waals surface area contributed by atoms with Crippen LogP contribution in [0.4, 0.5) is 0 Å². The van der Waals surface area contributed by atoms with Gasteiger partial charge in [0.1, 0.15) is 5.75 Å². The minimum absolute atomic E-state index is 0.482. The predicted molar refractivity (Wildman–Crippen MR) is 103 cm³/mol. The molecule has 25 heavy (non-hydrogen) atoms. The standard InChI is InChI=1S/C22H26N2O/c1-23(2)20-10-7-11-21-22(20)18-14-17(25-3)12-13-19(18)24(21)15-16-8-5-4-6-9-16/h4-6,8-9,12-14,20H,7,10-11,15H2,1-3H3. The van der Waals surface area contributed by atoms with Crippen LogP contribution in [0.1, 0.15) is 35.7 Å². The summed E-state index contributed by atoms with van der Waals surface area (Å²) in [6, 6.07) is 17.8. The fourth-order valence-corrected chi connectivity index (χ4v) is 4.25. The fourth-order valence-electron chi connectivity index (χ4n) is 4.25. The van der Waals surface area contributed by atoms with E-state index >= 15 is 0 Å². The highest BCUT2D eigenvalue weighted by atomic mass is 16.5. The minimum Gasteiger partial charge on any atom is -0.497 e. The summed E-state index contributed by atoms with van der Waals surface area (Å²) in [7, 11) is 6.14. The highest BCUT2D eigenvalue weighted by molar-refractivity contribution is 5.88. The Morgan fingerprint density at radius 3 is 2.64 bits per heavy atom. The Balaban J connectivity index is 1.93. The van der Waals surface area contributed by atoms with Crippen molar-refractivity contribution in [1.82, 2.24) is 9.47 Å². The predicted octanol–water partition coefficient (Wildman–Crippen LogP) is 4.64. The smallest absolute Gasteiger partial charge is 0.119 e. The highest BCUT2D eigenvalue weighted by Crippen LogP contribution is 2.41. The monoisotopic (exact) mass is 334 g/mol. The molecule has 0 aliphatic heterocycles. The maximum atomic E-state index is 5.51. The van der Waals surface area contributed by atoms with Gasteiger partial charge in [0.2, 0.25) is 0 Å². The Kier molecular flexibility index (Phi) is 4.26. The van der Waals surface area contributed by atoms with E-state index in [4.69, 9.17) is 4.74 Å². The van der Waals surface area contributed by atoms with E-state index in [0.717, 1.165) is 18.7 Å². The van der Waals surface area contributed by atoms with Crippen molar-refractivity contribution in [2.45, 2.75) is 31.8 Å². The van der Waals surface area contributed by atoms with Gasteiger partial charge in [-0.15, -0.1) is 0 Å². The number of rotatable bonds is 4. The maximum absolute atomic E-state index is 5.51. The molecule has 1 atom stereocenters. The summed E-state index contributed by atoms with van der Waals surface area (Å²) in [4.78, 5) is 2.36. The maximum Gasteiger partial charge on any atom is 0.119 e. The molecule has 3 heteroatoms. The summed E-state index contributed by atoms with van der Waals surface area (Å²) in [5, 5.41) is 1.35. The van der Waals surface area contributed by atoms with E-state index in [2.05, 4.69) is 72.1 Å². The Labute approximate surface area is 149 Å². The molecule has 0 spiro atoms. The van der Waals surface area contributed by atoms with Crippen LogP contribution in [-0.4, -0.2) is 30.7 Å². The van der Waals surface area contributed by atoms with Gasteiger partial charge in [-0.05, 0) is 62.7 Å². The van der Waals surface area contributed by atoms with E-state index in [1.54, 1.807) is 7.11 Å². The third-order valence-electron chi connectivity index (χ3n) is 5.45. The first-order valence-corrected chi connectivity index (χ1v) is 9.08. The molecule has 4 rings (SSSR count). The Morgan fingerprint density at radius 1 is 1.12 bits per heavy atom. The van der Waals surface area contributed by atoms with Crippen LogP contribution in [0.5, 0.6) is 5.75 Å². The average Bonchev–Trinajstić information content (AvgIpc) is 2.95. The molecule has 0 radical (unpaired) electrons. The van der Waals surface area contributed by atoms with E-state index in [-0.39, 0.29) is 0 Å². The van der Waals surface area contributed by atoms with E-state index in [0.29, 0.717) is 6.04 Å². The van der Waals surface area contributed by atoms with Gasteiger partial charge in [0.25, 0.3) is 0 Å². The topological polar surface area (TPSA) is 17.4 Å². The number of fused-ring (bicyclic) bond motifs is 3. The van der Waals surface area contributed by atoms with E-state index in [1.165, 1.54) is 40.6 Å². The molecular formula is C22H26N2O. The molecule has 3 aromatic rings. The van der Waals surface area contributed by atoms with Gasteiger partial charge in [0.15, 0.2) is 0 Å². The SMILES string of the molecule is COc1ccc2c(c1)c1c(n2Cc2ccccc2)CCCC1N(C)C. The normalized spacial score (nSPS) is 17.0. The van der Waals surface area contributed by atoms with Gasteiger partial charge in [-0.2, -0.15) is 0 Å². The summed E-state index contributed by atoms with van der Waals surface area (Å²) in [5.41, 5.74) is 5.67. The molecule has 3 nitrogen and oxygen atoms in total. The zero-order valence-electron chi connectivity index (χ0n) is 15.3. The second kappa shape index (κ2) is 6.57. The first kappa shape index (κ1) is 16.2. The van der Waals surface area contributed by atoms with Crippen LogP contribution in [-0.2, 0) is 13.0 Å². The van der Waals surface area contributed by atoms with Crippen molar-refractivity contribution in [2.75, 3.05) is 21.2 Å². The van der Waals surface area contributed by atoms with Crippen molar-refractivity contribution < 1.29 is 4.74 Å². The number of hydrogen-bond donors (Lipinski definition) is 0. The van der Waals surface area contributed by atoms with Crippen molar-refractivity contribution in [3.63, 3.8) is 0 Å². The lowest BCUT2D eigenvalue weighted by Crippen LogP contribution is -2.24. The lowest BCUT2D eigenvalue weighted by atomic mass is 9.90. The number of benzene rings is 2. The molecule has 2 aromatic carbocycles. The number of aromatic nitrogens is 1. The first-order valence-electron chi connectivity index (χ1n) is 9.08. The molecule has 1 aliphatic rings. The molecule has 1 aromatic heterocycles. The molecular weight excluding hydrogens is 308 g/mol. The fraction of sp³-hybridized carbons (Fsp3) is 0.364. The molecule has 0 bridgehead atoms. The molecule has 0 fully saturated rings. The Morgan fingerprint density at radius 2 is 1.92 bits per heavy atom. The largest absolute Gasteiger partial charge is 0.497 e. The van der Waals surface area contributed by atoms with Crippen LogP contribution >= 0.6 is 0 Å². The molecule has 0 amide bonds. The van der Waals surface area contributed by atoms with Gasteiger partial charge in [0.05, 0.1) is 7.11 Å². The van der Waals surface area contributed by atoms with Crippen molar-refractivity contribution in [1.29, 1.82) is 0 Å². The van der Waals surface area contributed by atoms with Gasteiger partial charge < -0.3 is 14.2 Å². The highest BCUT2D eigenvalue weighted by Gasteiger charge is 2.28. The van der Waals surface area contributed by atoms with E-state index in [9.17, 15) is 0 Å². The second-order valence-electron chi connectivity index (χ2n) is 7.19. The third-order valence-corrected chi connectivity index (χ3v) is 5.45. The van der Waals surface area contributed by atoms with Crippen molar-refractivity contribution in [2.24, 2.45) is 0 Å². The van der Waals surface area contributed by atoms with Crippen LogP contribution in [0, 0.1) is 0 Å². The number of hydrogen-bond acceptors (Lipinski definition) is 2. The number of nitrogens with zero attached hydrogens (tertiary/aromatic N) is 2. The summed E-state index contributed by atoms with van der Waals surface area (Å²) in [5.74, 6) is 0.940. The minimum atomic E-state index is 0.482. The second-order valence-corrected chi connectivity index (χ2v) is 7.19. The Hall–Kier alpha value is -2.26. The lowest BCUT2D eigenvalue weighted by Gasteiger charge is -2.30. The first-order chi connectivity index (χ1) is 12.2. The zero-order chi connectivity index (χ0) is 17.4. The Bertz CT molecular complexity index is 880. The summed E-state index contributed by atoms with van der Waals surface area (Å²) >= 11 is 0. The van der Waals surface area contributed by atoms with Gasteiger partial charge in [-0.1, -0.05) is 30.3 Å². The van der Waals surface area contributed by atoms with Crippen LogP contribution in [0.3, 0.4) is 0 Å². The average molecular weight is 334 g/mol. The zero-order valence-corrected chi connectivity index (χ0v) is 15.3. The molecule has 0 saturated heterocycles. The number of methoxy groups -OCH3 is 1. The van der Waals surface area contributed by atoms with Crippen molar-refractivity contribution in [3.05, 3.63) is 65.4 Å². The van der Waals surface area contributed by atoms with E-state index in [1.807, 2.05) is 0 Å². The third kappa shape index (κ3) is 2.83. The van der Waals surface area contributed by atoms with Gasteiger partial charge in [-0.25, -0.2) is 0 Å². The van der Waals surface area contributed by atoms with Gasteiger partial charge in [0, 0.05) is 29.2 Å². The van der Waals surface area contributed by atoms with Crippen LogP contribution in [0.15, 0.2) is 48.5 Å².